The van der Waals surface area contributed by atoms with E-state index in [1.54, 1.807) is 0 Å². The molecule has 0 saturated carbocycles. The Morgan fingerprint density at radius 3 is 2.52 bits per heavy atom. The number of benzene rings is 2. The number of aryl methyl sites for hydroxylation is 1. The summed E-state index contributed by atoms with van der Waals surface area (Å²) in [4.78, 5) is 11.2. The molecule has 0 saturated heterocycles. The van der Waals surface area contributed by atoms with Gasteiger partial charge in [-0.05, 0) is 35.7 Å². The zero-order chi connectivity index (χ0) is 15.2. The molecule has 0 fully saturated rings. The topological polar surface area (TPSA) is 64.3 Å². The second kappa shape index (κ2) is 7.11. The van der Waals surface area contributed by atoms with E-state index in [9.17, 15) is 4.79 Å². The van der Waals surface area contributed by atoms with Crippen molar-refractivity contribution in [3.8, 4) is 5.75 Å². The minimum Gasteiger partial charge on any atom is -0.487 e. The summed E-state index contributed by atoms with van der Waals surface area (Å²) in [5, 5.41) is 0.594. The summed E-state index contributed by atoms with van der Waals surface area (Å²) in [7, 11) is 0. The van der Waals surface area contributed by atoms with E-state index in [1.165, 1.54) is 0 Å². The third-order valence-corrected chi connectivity index (χ3v) is 3.34. The first kappa shape index (κ1) is 15.4. The van der Waals surface area contributed by atoms with Crippen LogP contribution in [0, 0.1) is 6.92 Å². The lowest BCUT2D eigenvalue weighted by Gasteiger charge is -2.09. The van der Waals surface area contributed by atoms with Crippen LogP contribution in [-0.4, -0.2) is 5.91 Å². The third-order valence-electron chi connectivity index (χ3n) is 3.03. The first-order chi connectivity index (χ1) is 10.1. The Labute approximate surface area is 128 Å². The number of carbonyl (C=O) groups excluding carboxylic acids is 1. The van der Waals surface area contributed by atoms with Crippen molar-refractivity contribution in [3.63, 3.8) is 0 Å². The highest BCUT2D eigenvalue weighted by molar-refractivity contribution is 6.32. The van der Waals surface area contributed by atoms with Crippen molar-refractivity contribution in [2.75, 3.05) is 0 Å². The largest absolute Gasteiger partial charge is 0.487 e. The lowest BCUT2D eigenvalue weighted by atomic mass is 10.1. The molecule has 0 aromatic heterocycles. The molecule has 0 radical (unpaired) electrons. The molecule has 2 aromatic carbocycles. The number of nitrogens with one attached hydrogen (secondary N) is 1. The fourth-order valence-electron chi connectivity index (χ4n) is 1.87. The quantitative estimate of drug-likeness (QED) is 0.507. The average molecular weight is 305 g/mol. The summed E-state index contributed by atoms with van der Waals surface area (Å²) >= 11 is 6.08. The second-order valence-electron chi connectivity index (χ2n) is 4.78. The molecule has 110 valence electrons. The summed E-state index contributed by atoms with van der Waals surface area (Å²) in [5.74, 6) is 5.51. The molecule has 0 spiro atoms. The van der Waals surface area contributed by atoms with Crippen LogP contribution in [0.4, 0.5) is 0 Å². The van der Waals surface area contributed by atoms with E-state index in [-0.39, 0.29) is 12.3 Å². The molecule has 0 atom stereocenters. The van der Waals surface area contributed by atoms with E-state index in [0.717, 1.165) is 16.7 Å². The summed E-state index contributed by atoms with van der Waals surface area (Å²) in [6.07, 6.45) is 0.265. The monoisotopic (exact) mass is 304 g/mol. The summed E-state index contributed by atoms with van der Waals surface area (Å²) < 4.78 is 5.71. The number of halogens is 1. The number of carbonyl (C=O) groups is 1. The highest BCUT2D eigenvalue weighted by Crippen LogP contribution is 2.26. The van der Waals surface area contributed by atoms with Gasteiger partial charge in [-0.25, -0.2) is 5.84 Å². The number of hydrazine groups is 1. The van der Waals surface area contributed by atoms with Crippen LogP contribution in [-0.2, 0) is 17.8 Å². The van der Waals surface area contributed by atoms with Crippen LogP contribution in [0.25, 0.3) is 0 Å². The summed E-state index contributed by atoms with van der Waals surface area (Å²) in [6.45, 7) is 2.41. The normalized spacial score (nSPS) is 10.2. The molecular formula is C16H17ClN2O2. The maximum absolute atomic E-state index is 11.2. The molecule has 5 heteroatoms. The lowest BCUT2D eigenvalue weighted by molar-refractivity contribution is -0.120. The fourth-order valence-corrected chi connectivity index (χ4v) is 2.04. The highest BCUT2D eigenvalue weighted by atomic mass is 35.5. The van der Waals surface area contributed by atoms with Gasteiger partial charge in [0.2, 0.25) is 5.91 Å². The van der Waals surface area contributed by atoms with E-state index < -0.39 is 0 Å². The minimum atomic E-state index is -0.217. The smallest absolute Gasteiger partial charge is 0.238 e. The Hall–Kier alpha value is -2.04. The molecule has 0 bridgehead atoms. The van der Waals surface area contributed by atoms with Crippen LogP contribution >= 0.6 is 11.6 Å². The lowest BCUT2D eigenvalue weighted by Crippen LogP contribution is -2.31. The summed E-state index contributed by atoms with van der Waals surface area (Å²) in [6, 6.07) is 13.3. The van der Waals surface area contributed by atoms with Crippen LogP contribution in [0.15, 0.2) is 42.5 Å². The standard InChI is InChI=1S/C16H17ClN2O2/c1-11-2-7-14(17)15(8-11)21-10-13-5-3-12(4-6-13)9-16(20)19-18/h2-8H,9-10,18H2,1H3,(H,19,20). The van der Waals surface area contributed by atoms with E-state index >= 15 is 0 Å². The van der Waals surface area contributed by atoms with E-state index in [4.69, 9.17) is 22.2 Å². The highest BCUT2D eigenvalue weighted by Gasteiger charge is 2.04. The van der Waals surface area contributed by atoms with Gasteiger partial charge in [0.25, 0.3) is 0 Å². The predicted octanol–water partition coefficient (Wildman–Crippen LogP) is 2.76. The van der Waals surface area contributed by atoms with Crippen molar-refractivity contribution < 1.29 is 9.53 Å². The van der Waals surface area contributed by atoms with Crippen molar-refractivity contribution in [3.05, 3.63) is 64.2 Å². The molecule has 1 amide bonds. The van der Waals surface area contributed by atoms with Crippen LogP contribution in [0.2, 0.25) is 5.02 Å². The molecule has 0 unspecified atom stereocenters. The second-order valence-corrected chi connectivity index (χ2v) is 5.19. The van der Waals surface area contributed by atoms with Crippen molar-refractivity contribution in [2.45, 2.75) is 20.0 Å². The van der Waals surface area contributed by atoms with E-state index in [1.807, 2.05) is 49.4 Å². The van der Waals surface area contributed by atoms with Gasteiger partial charge in [0.1, 0.15) is 12.4 Å². The van der Waals surface area contributed by atoms with Gasteiger partial charge in [-0.15, -0.1) is 0 Å². The molecule has 2 aromatic rings. The zero-order valence-electron chi connectivity index (χ0n) is 11.7. The molecule has 0 aliphatic carbocycles. The van der Waals surface area contributed by atoms with Gasteiger partial charge in [-0.3, -0.25) is 10.2 Å². The number of nitrogens with two attached hydrogens (primary N) is 1. The van der Waals surface area contributed by atoms with Gasteiger partial charge >= 0.3 is 0 Å². The Bertz CT molecular complexity index is 627. The van der Waals surface area contributed by atoms with Gasteiger partial charge in [0, 0.05) is 0 Å². The number of ether oxygens (including phenoxy) is 1. The zero-order valence-corrected chi connectivity index (χ0v) is 12.5. The molecule has 0 aliphatic heterocycles. The van der Waals surface area contributed by atoms with Crippen LogP contribution < -0.4 is 16.0 Å². The van der Waals surface area contributed by atoms with Gasteiger partial charge in [-0.1, -0.05) is 41.9 Å². The van der Waals surface area contributed by atoms with Crippen LogP contribution in [0.3, 0.4) is 0 Å². The third kappa shape index (κ3) is 4.48. The van der Waals surface area contributed by atoms with E-state index in [0.29, 0.717) is 17.4 Å². The van der Waals surface area contributed by atoms with Crippen molar-refractivity contribution in [1.82, 2.24) is 5.43 Å². The maximum Gasteiger partial charge on any atom is 0.238 e. The average Bonchev–Trinajstić information content (AvgIpc) is 2.49. The molecular weight excluding hydrogens is 288 g/mol. The van der Waals surface area contributed by atoms with E-state index in [2.05, 4.69) is 5.43 Å². The first-order valence-electron chi connectivity index (χ1n) is 6.54. The minimum absolute atomic E-state index is 0.217. The maximum atomic E-state index is 11.2. The van der Waals surface area contributed by atoms with Crippen molar-refractivity contribution in [2.24, 2.45) is 5.84 Å². The van der Waals surface area contributed by atoms with Gasteiger partial charge in [0.15, 0.2) is 0 Å². The van der Waals surface area contributed by atoms with Gasteiger partial charge in [0.05, 0.1) is 11.4 Å². The molecule has 4 nitrogen and oxygen atoms in total. The van der Waals surface area contributed by atoms with Gasteiger partial charge < -0.3 is 4.74 Å². The van der Waals surface area contributed by atoms with Crippen molar-refractivity contribution >= 4 is 17.5 Å². The number of rotatable bonds is 5. The fraction of sp³-hybridized carbons (Fsp3) is 0.188. The Morgan fingerprint density at radius 2 is 1.86 bits per heavy atom. The number of amides is 1. The van der Waals surface area contributed by atoms with Crippen LogP contribution in [0.1, 0.15) is 16.7 Å². The molecule has 21 heavy (non-hydrogen) atoms. The molecule has 3 N–H and O–H groups in total. The van der Waals surface area contributed by atoms with Gasteiger partial charge in [-0.2, -0.15) is 0 Å². The molecule has 2 rings (SSSR count). The first-order valence-corrected chi connectivity index (χ1v) is 6.92. The number of hydrogen-bond acceptors (Lipinski definition) is 3. The number of hydrogen-bond donors (Lipinski definition) is 2. The molecule has 0 heterocycles. The molecule has 0 aliphatic rings. The summed E-state index contributed by atoms with van der Waals surface area (Å²) in [5.41, 5.74) is 5.11. The Balaban J connectivity index is 1.97. The Morgan fingerprint density at radius 1 is 1.19 bits per heavy atom. The SMILES string of the molecule is Cc1ccc(Cl)c(OCc2ccc(CC(=O)NN)cc2)c1. The predicted molar refractivity (Wildman–Crippen MR) is 83.0 cm³/mol. The van der Waals surface area contributed by atoms with Crippen molar-refractivity contribution in [1.29, 1.82) is 0 Å². The Kier molecular flexibility index (Phi) is 5.20. The van der Waals surface area contributed by atoms with Crippen LogP contribution in [0.5, 0.6) is 5.75 Å².